The molecular formula is C11H10F3NO3S. The van der Waals surface area contributed by atoms with Crippen molar-refractivity contribution in [3.05, 3.63) is 15.6 Å². The summed E-state index contributed by atoms with van der Waals surface area (Å²) < 4.78 is 43.8. The van der Waals surface area contributed by atoms with Crippen LogP contribution in [0.1, 0.15) is 45.6 Å². The maximum Gasteiger partial charge on any atom is 0.435 e. The number of nitrogens with zero attached hydrogens (tertiary/aromatic N) is 1. The van der Waals surface area contributed by atoms with Crippen molar-refractivity contribution in [3.63, 3.8) is 0 Å². The Labute approximate surface area is 110 Å². The van der Waals surface area contributed by atoms with Gasteiger partial charge in [-0.25, -0.2) is 9.78 Å². The zero-order valence-corrected chi connectivity index (χ0v) is 10.4. The molecule has 1 aromatic heterocycles. The zero-order valence-electron chi connectivity index (χ0n) is 9.61. The molecule has 2 aliphatic rings. The van der Waals surface area contributed by atoms with Gasteiger partial charge >= 0.3 is 12.1 Å². The average molecular weight is 293 g/mol. The number of carboxylic acid groups (broad SMARTS) is 1. The minimum atomic E-state index is -4.74. The van der Waals surface area contributed by atoms with Gasteiger partial charge in [-0.3, -0.25) is 0 Å². The second kappa shape index (κ2) is 4.17. The summed E-state index contributed by atoms with van der Waals surface area (Å²) in [6.45, 7) is 0. The lowest BCUT2D eigenvalue weighted by atomic mass is 9.90. The lowest BCUT2D eigenvalue weighted by molar-refractivity contribution is -0.141. The highest BCUT2D eigenvalue weighted by atomic mass is 32.1. The highest BCUT2D eigenvalue weighted by Gasteiger charge is 2.46. The van der Waals surface area contributed by atoms with E-state index in [2.05, 4.69) is 4.98 Å². The molecule has 1 aromatic rings. The first kappa shape index (κ1) is 12.9. The lowest BCUT2D eigenvalue weighted by Crippen LogP contribution is -2.15. The van der Waals surface area contributed by atoms with Crippen LogP contribution < -0.4 is 0 Å². The zero-order chi connectivity index (χ0) is 13.8. The van der Waals surface area contributed by atoms with Gasteiger partial charge in [0.05, 0.1) is 17.2 Å². The third-order valence-electron chi connectivity index (χ3n) is 3.53. The monoisotopic (exact) mass is 293 g/mol. The number of ether oxygens (including phenoxy) is 1. The van der Waals surface area contributed by atoms with Gasteiger partial charge < -0.3 is 9.84 Å². The first-order valence-electron chi connectivity index (χ1n) is 5.83. The van der Waals surface area contributed by atoms with Crippen LogP contribution in [0.25, 0.3) is 0 Å². The molecule has 2 bridgehead atoms. The van der Waals surface area contributed by atoms with E-state index in [4.69, 9.17) is 9.84 Å². The van der Waals surface area contributed by atoms with Crippen molar-refractivity contribution >= 4 is 17.3 Å². The summed E-state index contributed by atoms with van der Waals surface area (Å²) in [5.74, 6) is -1.78. The number of rotatable bonds is 2. The Morgan fingerprint density at radius 3 is 2.58 bits per heavy atom. The summed E-state index contributed by atoms with van der Waals surface area (Å²) in [6, 6.07) is 0. The molecule has 19 heavy (non-hydrogen) atoms. The number of carbonyl (C=O) groups is 1. The molecule has 4 nitrogen and oxygen atoms in total. The van der Waals surface area contributed by atoms with E-state index >= 15 is 0 Å². The molecule has 3 rings (SSSR count). The topological polar surface area (TPSA) is 59.4 Å². The Balaban J connectivity index is 1.97. The van der Waals surface area contributed by atoms with E-state index in [1.165, 1.54) is 0 Å². The Hall–Kier alpha value is -1.15. The van der Waals surface area contributed by atoms with E-state index in [1.54, 1.807) is 0 Å². The quantitative estimate of drug-likeness (QED) is 0.911. The standard InChI is InChI=1S/C11H10F3NO3S/c12-11(13,14)8-7(10(16)17)19-9(15-8)5-3-4-1-2-6(5)18-4/h4-6H,1-3H2,(H,16,17). The van der Waals surface area contributed by atoms with Crippen molar-refractivity contribution in [3.8, 4) is 0 Å². The number of fused-ring (bicyclic) bond motifs is 2. The van der Waals surface area contributed by atoms with Crippen molar-refractivity contribution in [2.24, 2.45) is 0 Å². The van der Waals surface area contributed by atoms with Crippen molar-refractivity contribution in [2.75, 3.05) is 0 Å². The van der Waals surface area contributed by atoms with Crippen molar-refractivity contribution in [1.82, 2.24) is 4.98 Å². The van der Waals surface area contributed by atoms with E-state index in [9.17, 15) is 18.0 Å². The summed E-state index contributed by atoms with van der Waals surface area (Å²) in [5.41, 5.74) is -1.29. The van der Waals surface area contributed by atoms with Crippen LogP contribution in [0.2, 0.25) is 0 Å². The number of aromatic nitrogens is 1. The Morgan fingerprint density at radius 1 is 1.42 bits per heavy atom. The molecule has 2 aliphatic heterocycles. The predicted molar refractivity (Wildman–Crippen MR) is 59.3 cm³/mol. The van der Waals surface area contributed by atoms with Crippen molar-refractivity contribution < 1.29 is 27.8 Å². The first-order chi connectivity index (χ1) is 8.86. The van der Waals surface area contributed by atoms with Gasteiger partial charge in [0, 0.05) is 5.92 Å². The number of aromatic carboxylic acids is 1. The molecule has 104 valence electrons. The molecule has 0 saturated carbocycles. The third kappa shape index (κ3) is 2.12. The fourth-order valence-corrected chi connectivity index (χ4v) is 3.82. The first-order valence-corrected chi connectivity index (χ1v) is 6.64. The second-order valence-electron chi connectivity index (χ2n) is 4.75. The largest absolute Gasteiger partial charge is 0.477 e. The van der Waals surface area contributed by atoms with Crippen LogP contribution in [0.15, 0.2) is 0 Å². The maximum atomic E-state index is 12.7. The number of alkyl halides is 3. The van der Waals surface area contributed by atoms with E-state index < -0.39 is 22.7 Å². The molecule has 3 heterocycles. The maximum absolute atomic E-state index is 12.7. The van der Waals surface area contributed by atoms with Gasteiger partial charge in [0.25, 0.3) is 0 Å². The highest BCUT2D eigenvalue weighted by Crippen LogP contribution is 2.47. The van der Waals surface area contributed by atoms with Gasteiger partial charge in [0.1, 0.15) is 4.88 Å². The van der Waals surface area contributed by atoms with E-state index in [1.807, 2.05) is 0 Å². The minimum Gasteiger partial charge on any atom is -0.477 e. The molecule has 2 saturated heterocycles. The molecule has 0 aliphatic carbocycles. The summed E-state index contributed by atoms with van der Waals surface area (Å²) in [4.78, 5) is 13.7. The van der Waals surface area contributed by atoms with Gasteiger partial charge in [-0.05, 0) is 19.3 Å². The van der Waals surface area contributed by atoms with Gasteiger partial charge in [0.2, 0.25) is 0 Å². The van der Waals surface area contributed by atoms with Gasteiger partial charge in [-0.1, -0.05) is 0 Å². The van der Waals surface area contributed by atoms with Crippen molar-refractivity contribution in [2.45, 2.75) is 43.6 Å². The third-order valence-corrected chi connectivity index (χ3v) is 4.70. The Morgan fingerprint density at radius 2 is 2.16 bits per heavy atom. The smallest absolute Gasteiger partial charge is 0.435 e. The molecule has 1 N–H and O–H groups in total. The van der Waals surface area contributed by atoms with Crippen LogP contribution in [0.3, 0.4) is 0 Å². The van der Waals surface area contributed by atoms with Crippen LogP contribution >= 0.6 is 11.3 Å². The molecule has 0 radical (unpaired) electrons. The fourth-order valence-electron chi connectivity index (χ4n) is 2.73. The van der Waals surface area contributed by atoms with Crippen molar-refractivity contribution in [1.29, 1.82) is 0 Å². The second-order valence-corrected chi connectivity index (χ2v) is 5.78. The number of hydrogen-bond acceptors (Lipinski definition) is 4. The van der Waals surface area contributed by atoms with Gasteiger partial charge in [-0.15, -0.1) is 11.3 Å². The summed E-state index contributed by atoms with van der Waals surface area (Å²) in [6.07, 6.45) is -2.40. The molecular weight excluding hydrogens is 283 g/mol. The van der Waals surface area contributed by atoms with E-state index in [0.29, 0.717) is 17.8 Å². The SMILES string of the molecule is O=C(O)c1sc(C2CC3CCC2O3)nc1C(F)(F)F. The molecule has 0 spiro atoms. The summed E-state index contributed by atoms with van der Waals surface area (Å²) in [5, 5.41) is 9.09. The summed E-state index contributed by atoms with van der Waals surface area (Å²) in [7, 11) is 0. The van der Waals surface area contributed by atoms with E-state index in [0.717, 1.165) is 12.8 Å². The van der Waals surface area contributed by atoms with Gasteiger partial charge in [0.15, 0.2) is 5.69 Å². The number of hydrogen-bond donors (Lipinski definition) is 1. The Bertz CT molecular complexity index is 528. The van der Waals surface area contributed by atoms with Crippen LogP contribution in [0.4, 0.5) is 13.2 Å². The summed E-state index contributed by atoms with van der Waals surface area (Å²) >= 11 is 0.621. The molecule has 3 atom stereocenters. The normalized spacial score (nSPS) is 29.9. The highest BCUT2D eigenvalue weighted by molar-refractivity contribution is 7.13. The average Bonchev–Trinajstić information content (AvgIpc) is 3.01. The van der Waals surface area contributed by atoms with Gasteiger partial charge in [-0.2, -0.15) is 13.2 Å². The molecule has 8 heteroatoms. The number of carboxylic acids is 1. The van der Waals surface area contributed by atoms with Crippen LogP contribution in [-0.2, 0) is 10.9 Å². The lowest BCUT2D eigenvalue weighted by Gasteiger charge is -2.15. The fraction of sp³-hybridized carbons (Fsp3) is 0.636. The van der Waals surface area contributed by atoms with Crippen LogP contribution in [0, 0.1) is 0 Å². The number of halogens is 3. The molecule has 3 unspecified atom stereocenters. The molecule has 0 aromatic carbocycles. The Kier molecular flexibility index (Phi) is 2.82. The predicted octanol–water partition coefficient (Wildman–Crippen LogP) is 2.90. The van der Waals surface area contributed by atoms with Crippen LogP contribution in [-0.4, -0.2) is 28.3 Å². The van der Waals surface area contributed by atoms with E-state index in [-0.39, 0.29) is 23.1 Å². The number of thiazole rings is 1. The molecule has 0 amide bonds. The van der Waals surface area contributed by atoms with Crippen LogP contribution in [0.5, 0.6) is 0 Å². The molecule has 2 fully saturated rings. The minimum absolute atomic E-state index is 0.0847.